The zero-order valence-corrected chi connectivity index (χ0v) is 14.1. The van der Waals surface area contributed by atoms with Crippen molar-refractivity contribution in [3.63, 3.8) is 0 Å². The Kier molecular flexibility index (Phi) is 3.19. The number of hydrogen-bond donors (Lipinski definition) is 0. The number of benzene rings is 2. The van der Waals surface area contributed by atoms with Crippen LogP contribution >= 0.6 is 0 Å². The molecular weight excluding hydrogens is 282 g/mol. The fraction of sp³-hybridized carbons (Fsp3) is 0.350. The molecule has 0 spiro atoms. The van der Waals surface area contributed by atoms with Gasteiger partial charge in [-0.25, -0.2) is 4.98 Å². The van der Waals surface area contributed by atoms with Crippen LogP contribution in [0, 0.1) is 0 Å². The highest BCUT2D eigenvalue weighted by atomic mass is 15.2. The Balaban J connectivity index is 2.20. The van der Waals surface area contributed by atoms with E-state index in [9.17, 15) is 0 Å². The Morgan fingerprint density at radius 3 is 2.26 bits per heavy atom. The molecule has 0 radical (unpaired) electrons. The molecular formula is C20H23N3. The van der Waals surface area contributed by atoms with E-state index in [0.29, 0.717) is 0 Å². The summed E-state index contributed by atoms with van der Waals surface area (Å²) in [6.07, 6.45) is 3.42. The summed E-state index contributed by atoms with van der Waals surface area (Å²) in [6.45, 7) is 6.91. The molecule has 0 amide bonds. The van der Waals surface area contributed by atoms with Crippen molar-refractivity contribution in [3.05, 3.63) is 48.5 Å². The predicted octanol–water partition coefficient (Wildman–Crippen LogP) is 5.37. The molecule has 0 bridgehead atoms. The average Bonchev–Trinajstić information content (AvgIpc) is 3.09. The molecule has 0 aliphatic heterocycles. The molecule has 0 fully saturated rings. The first kappa shape index (κ1) is 14.3. The number of hydrogen-bond acceptors (Lipinski definition) is 1. The van der Waals surface area contributed by atoms with E-state index in [0.717, 1.165) is 24.1 Å². The van der Waals surface area contributed by atoms with Gasteiger partial charge in [0, 0.05) is 5.54 Å². The van der Waals surface area contributed by atoms with Crippen LogP contribution in [0.1, 0.15) is 40.0 Å². The maximum absolute atomic E-state index is 4.97. The molecule has 2 aromatic carbocycles. The van der Waals surface area contributed by atoms with Gasteiger partial charge in [-0.05, 0) is 44.0 Å². The maximum Gasteiger partial charge on any atom is 0.216 e. The first-order valence-corrected chi connectivity index (χ1v) is 8.56. The molecule has 2 heterocycles. The van der Waals surface area contributed by atoms with Crippen molar-refractivity contribution in [2.45, 2.75) is 45.6 Å². The molecule has 3 nitrogen and oxygen atoms in total. The van der Waals surface area contributed by atoms with Gasteiger partial charge in [0.2, 0.25) is 5.78 Å². The maximum atomic E-state index is 4.97. The predicted molar refractivity (Wildman–Crippen MR) is 97.0 cm³/mol. The number of fused-ring (bicyclic) bond motifs is 5. The van der Waals surface area contributed by atoms with Gasteiger partial charge in [0.25, 0.3) is 0 Å². The minimum Gasteiger partial charge on any atom is -0.304 e. The van der Waals surface area contributed by atoms with Gasteiger partial charge in [-0.15, -0.1) is 0 Å². The molecule has 0 aliphatic carbocycles. The standard InChI is InChI=1S/C20H23N3/c1-4-14-20(3,5-2)23-18-13-9-8-12-17(18)22-16-11-7-6-10-15(16)21-19(22)23/h6-13H,4-5,14H2,1-3H3. The summed E-state index contributed by atoms with van der Waals surface area (Å²) in [6, 6.07) is 17.1. The van der Waals surface area contributed by atoms with Crippen molar-refractivity contribution in [1.29, 1.82) is 0 Å². The van der Waals surface area contributed by atoms with Crippen molar-refractivity contribution in [1.82, 2.24) is 14.0 Å². The number of rotatable bonds is 4. The fourth-order valence-corrected chi connectivity index (χ4v) is 3.87. The van der Waals surface area contributed by atoms with E-state index >= 15 is 0 Å². The molecule has 3 heteroatoms. The van der Waals surface area contributed by atoms with E-state index < -0.39 is 0 Å². The van der Waals surface area contributed by atoms with E-state index in [1.54, 1.807) is 0 Å². The van der Waals surface area contributed by atoms with Crippen LogP contribution in [0.2, 0.25) is 0 Å². The normalized spacial score (nSPS) is 14.7. The Morgan fingerprint density at radius 1 is 0.913 bits per heavy atom. The smallest absolute Gasteiger partial charge is 0.216 e. The van der Waals surface area contributed by atoms with E-state index in [1.165, 1.54) is 23.0 Å². The Labute approximate surface area is 136 Å². The number of para-hydroxylation sites is 4. The Bertz CT molecular complexity index is 992. The molecule has 0 saturated carbocycles. The molecule has 0 aliphatic rings. The lowest BCUT2D eigenvalue weighted by molar-refractivity contribution is 0.294. The van der Waals surface area contributed by atoms with Crippen molar-refractivity contribution < 1.29 is 0 Å². The summed E-state index contributed by atoms with van der Waals surface area (Å²) in [7, 11) is 0. The second kappa shape index (κ2) is 5.12. The second-order valence-electron chi connectivity index (χ2n) is 6.66. The third-order valence-electron chi connectivity index (χ3n) is 5.20. The molecule has 1 atom stereocenters. The molecule has 0 N–H and O–H groups in total. The summed E-state index contributed by atoms with van der Waals surface area (Å²) >= 11 is 0. The zero-order valence-electron chi connectivity index (χ0n) is 14.1. The summed E-state index contributed by atoms with van der Waals surface area (Å²) in [5.41, 5.74) is 4.86. The summed E-state index contributed by atoms with van der Waals surface area (Å²) in [5, 5.41) is 0. The summed E-state index contributed by atoms with van der Waals surface area (Å²) in [5.74, 6) is 1.06. The van der Waals surface area contributed by atoms with Gasteiger partial charge in [0.15, 0.2) is 0 Å². The van der Waals surface area contributed by atoms with Crippen LogP contribution in [-0.2, 0) is 5.54 Å². The zero-order chi connectivity index (χ0) is 16.0. The van der Waals surface area contributed by atoms with E-state index in [-0.39, 0.29) is 5.54 Å². The fourth-order valence-electron chi connectivity index (χ4n) is 3.87. The van der Waals surface area contributed by atoms with Crippen LogP contribution in [0.15, 0.2) is 48.5 Å². The third kappa shape index (κ3) is 1.92. The summed E-state index contributed by atoms with van der Waals surface area (Å²) in [4.78, 5) is 4.97. The van der Waals surface area contributed by atoms with Crippen molar-refractivity contribution in [3.8, 4) is 0 Å². The highest BCUT2D eigenvalue weighted by Gasteiger charge is 2.29. The van der Waals surface area contributed by atoms with Gasteiger partial charge in [0.1, 0.15) is 0 Å². The average molecular weight is 305 g/mol. The molecule has 1 unspecified atom stereocenters. The van der Waals surface area contributed by atoms with Crippen molar-refractivity contribution in [2.24, 2.45) is 0 Å². The molecule has 0 saturated heterocycles. The van der Waals surface area contributed by atoms with E-state index in [4.69, 9.17) is 4.98 Å². The van der Waals surface area contributed by atoms with E-state index in [1.807, 2.05) is 0 Å². The van der Waals surface area contributed by atoms with Gasteiger partial charge in [-0.3, -0.25) is 4.40 Å². The SMILES string of the molecule is CCCC(C)(CC)n1c2ccccc2n2c3ccccc3nc12. The number of imidazole rings is 2. The van der Waals surface area contributed by atoms with Crippen molar-refractivity contribution in [2.75, 3.05) is 0 Å². The van der Waals surface area contributed by atoms with Gasteiger partial charge in [0.05, 0.1) is 22.1 Å². The second-order valence-corrected chi connectivity index (χ2v) is 6.66. The molecule has 2 aromatic heterocycles. The first-order chi connectivity index (χ1) is 11.2. The van der Waals surface area contributed by atoms with Crippen LogP contribution in [0.3, 0.4) is 0 Å². The molecule has 23 heavy (non-hydrogen) atoms. The molecule has 4 aromatic rings. The topological polar surface area (TPSA) is 22.2 Å². The van der Waals surface area contributed by atoms with Gasteiger partial charge in [-0.2, -0.15) is 0 Å². The highest BCUT2D eigenvalue weighted by molar-refractivity contribution is 5.90. The minimum atomic E-state index is 0.0838. The minimum absolute atomic E-state index is 0.0838. The van der Waals surface area contributed by atoms with Crippen LogP contribution in [-0.4, -0.2) is 14.0 Å². The third-order valence-corrected chi connectivity index (χ3v) is 5.20. The van der Waals surface area contributed by atoms with Crippen LogP contribution < -0.4 is 0 Å². The van der Waals surface area contributed by atoms with Gasteiger partial charge < -0.3 is 4.57 Å². The highest BCUT2D eigenvalue weighted by Crippen LogP contribution is 2.35. The monoisotopic (exact) mass is 305 g/mol. The largest absolute Gasteiger partial charge is 0.304 e. The molecule has 118 valence electrons. The van der Waals surface area contributed by atoms with Crippen LogP contribution in [0.25, 0.3) is 27.8 Å². The quantitative estimate of drug-likeness (QED) is 0.497. The summed E-state index contributed by atoms with van der Waals surface area (Å²) < 4.78 is 4.78. The number of aromatic nitrogens is 3. The Morgan fingerprint density at radius 2 is 1.57 bits per heavy atom. The van der Waals surface area contributed by atoms with Crippen LogP contribution in [0.4, 0.5) is 0 Å². The van der Waals surface area contributed by atoms with Gasteiger partial charge in [-0.1, -0.05) is 44.5 Å². The van der Waals surface area contributed by atoms with Gasteiger partial charge >= 0.3 is 0 Å². The number of nitrogens with zero attached hydrogens (tertiary/aromatic N) is 3. The van der Waals surface area contributed by atoms with Crippen molar-refractivity contribution >= 4 is 27.8 Å². The first-order valence-electron chi connectivity index (χ1n) is 8.56. The molecule has 4 rings (SSSR count). The Hall–Kier alpha value is -2.29. The van der Waals surface area contributed by atoms with E-state index in [2.05, 4.69) is 78.3 Å². The lowest BCUT2D eigenvalue weighted by Gasteiger charge is -2.30. The van der Waals surface area contributed by atoms with Crippen LogP contribution in [0.5, 0.6) is 0 Å². The lowest BCUT2D eigenvalue weighted by Crippen LogP contribution is -2.29. The lowest BCUT2D eigenvalue weighted by atomic mass is 9.92.